The number of hydrogen-bond acceptors (Lipinski definition) is 9. The Bertz CT molecular complexity index is 2540. The van der Waals surface area contributed by atoms with E-state index in [1.807, 2.05) is 38.1 Å². The SMILES string of the molecule is COc1cc2c(cc1C)CCN(CCc1ccc(-n3nnc(-c4cc(C)c(C)cc4NC(=O)c4cc(=O)c5cc(-n6ccnc6)ccc5o4)n3)cc1)C2. The first-order valence-electron chi connectivity index (χ1n) is 17.5. The van der Waals surface area contributed by atoms with Crippen molar-refractivity contribution in [2.75, 3.05) is 25.5 Å². The molecule has 0 unspecified atom stereocenters. The third-order valence-corrected chi connectivity index (χ3v) is 9.97. The Balaban J connectivity index is 0.968. The van der Waals surface area contributed by atoms with Gasteiger partial charge in [0.1, 0.15) is 11.3 Å². The number of methoxy groups -OCH3 is 1. The quantitative estimate of drug-likeness (QED) is 0.181. The second-order valence-electron chi connectivity index (χ2n) is 13.5. The molecule has 12 heteroatoms. The molecular weight excluding hydrogens is 669 g/mol. The average Bonchev–Trinajstić information content (AvgIpc) is 3.89. The molecule has 0 aliphatic carbocycles. The van der Waals surface area contributed by atoms with Gasteiger partial charge in [0.25, 0.3) is 5.91 Å². The smallest absolute Gasteiger partial charge is 0.291 e. The lowest BCUT2D eigenvalue weighted by molar-refractivity contribution is 0.0997. The number of tetrazole rings is 1. The fourth-order valence-electron chi connectivity index (χ4n) is 6.81. The van der Waals surface area contributed by atoms with Crippen LogP contribution in [0.3, 0.4) is 0 Å². The molecule has 1 N–H and O–H groups in total. The summed E-state index contributed by atoms with van der Waals surface area (Å²) in [5.74, 6) is 0.608. The molecule has 0 atom stereocenters. The van der Waals surface area contributed by atoms with E-state index < -0.39 is 5.91 Å². The number of aryl methyl sites for hydroxylation is 3. The van der Waals surface area contributed by atoms with Crippen LogP contribution in [0, 0.1) is 20.8 Å². The van der Waals surface area contributed by atoms with Gasteiger partial charge in [-0.2, -0.15) is 0 Å². The van der Waals surface area contributed by atoms with Gasteiger partial charge in [-0.3, -0.25) is 14.5 Å². The molecule has 0 radical (unpaired) electrons. The summed E-state index contributed by atoms with van der Waals surface area (Å²) < 4.78 is 13.3. The number of amides is 1. The first kappa shape index (κ1) is 33.7. The van der Waals surface area contributed by atoms with Crippen LogP contribution < -0.4 is 15.5 Å². The Hall–Kier alpha value is -6.40. The van der Waals surface area contributed by atoms with Crippen LogP contribution in [0.5, 0.6) is 5.75 Å². The summed E-state index contributed by atoms with van der Waals surface area (Å²) in [5.41, 5.74) is 9.68. The lowest BCUT2D eigenvalue weighted by Crippen LogP contribution is -2.32. The summed E-state index contributed by atoms with van der Waals surface area (Å²) in [5, 5.41) is 16.6. The maximum absolute atomic E-state index is 13.5. The van der Waals surface area contributed by atoms with Crippen molar-refractivity contribution in [1.29, 1.82) is 0 Å². The fourth-order valence-corrected chi connectivity index (χ4v) is 6.81. The van der Waals surface area contributed by atoms with Crippen LogP contribution in [0.2, 0.25) is 0 Å². The molecule has 7 aromatic rings. The largest absolute Gasteiger partial charge is 0.496 e. The number of nitrogens with zero attached hydrogens (tertiary/aromatic N) is 7. The molecule has 0 saturated carbocycles. The number of imidazole rings is 1. The molecular formula is C41H38N8O4. The third kappa shape index (κ3) is 6.84. The van der Waals surface area contributed by atoms with Gasteiger partial charge in [-0.1, -0.05) is 18.2 Å². The summed E-state index contributed by atoms with van der Waals surface area (Å²) in [7, 11) is 1.73. The normalized spacial score (nSPS) is 12.9. The minimum absolute atomic E-state index is 0.112. The Morgan fingerprint density at radius 2 is 1.74 bits per heavy atom. The number of anilines is 1. The lowest BCUT2D eigenvalue weighted by Gasteiger charge is -2.29. The molecule has 3 aromatic heterocycles. The minimum Gasteiger partial charge on any atom is -0.496 e. The van der Waals surface area contributed by atoms with E-state index in [-0.39, 0.29) is 11.2 Å². The van der Waals surface area contributed by atoms with Gasteiger partial charge >= 0.3 is 0 Å². The average molecular weight is 707 g/mol. The molecule has 0 bridgehead atoms. The molecule has 0 spiro atoms. The van der Waals surface area contributed by atoms with Crippen molar-refractivity contribution in [1.82, 2.24) is 34.7 Å². The standard InChI is InChI=1S/C41H38N8O4/c1-25-18-33(35(19-26(25)2)43-41(51)39-22-36(50)34-21-32(9-10-37(34)53-39)48-16-13-42-24-48)40-44-46-49(45-40)31-7-5-28(6-8-31)11-14-47-15-12-29-17-27(3)38(52-4)20-30(29)23-47/h5-10,13,16-22,24H,11-12,14-15,23H2,1-4H3,(H,43,51). The van der Waals surface area contributed by atoms with Gasteiger partial charge in [-0.15, -0.1) is 15.0 Å². The summed E-state index contributed by atoms with van der Waals surface area (Å²) >= 11 is 0. The number of carbonyl (C=O) groups excluding carboxylic acids is 1. The fraction of sp³-hybridized carbons (Fsp3) is 0.220. The number of carbonyl (C=O) groups is 1. The Morgan fingerprint density at radius 1 is 0.925 bits per heavy atom. The number of hydrogen-bond donors (Lipinski definition) is 1. The molecule has 1 aliphatic heterocycles. The van der Waals surface area contributed by atoms with Crippen LogP contribution >= 0.6 is 0 Å². The van der Waals surface area contributed by atoms with Crippen molar-refractivity contribution < 1.29 is 13.9 Å². The molecule has 266 valence electrons. The number of fused-ring (bicyclic) bond motifs is 2. The zero-order valence-corrected chi connectivity index (χ0v) is 30.0. The lowest BCUT2D eigenvalue weighted by atomic mass is 9.96. The highest BCUT2D eigenvalue weighted by Crippen LogP contribution is 2.30. The van der Waals surface area contributed by atoms with Crippen molar-refractivity contribution in [2.24, 2.45) is 0 Å². The molecule has 12 nitrogen and oxygen atoms in total. The molecule has 1 amide bonds. The predicted molar refractivity (Wildman–Crippen MR) is 202 cm³/mol. The Labute approximate surface area is 305 Å². The topological polar surface area (TPSA) is 133 Å². The number of benzene rings is 4. The maximum Gasteiger partial charge on any atom is 0.291 e. The summed E-state index contributed by atoms with van der Waals surface area (Å²) in [6, 6.07) is 22.8. The van der Waals surface area contributed by atoms with Gasteiger partial charge in [0.15, 0.2) is 11.2 Å². The van der Waals surface area contributed by atoms with E-state index in [0.717, 1.165) is 60.7 Å². The Kier molecular flexibility index (Phi) is 8.89. The second-order valence-corrected chi connectivity index (χ2v) is 13.5. The molecule has 53 heavy (non-hydrogen) atoms. The van der Waals surface area contributed by atoms with Gasteiger partial charge in [0, 0.05) is 49.3 Å². The van der Waals surface area contributed by atoms with Gasteiger partial charge in [-0.05, 0) is 121 Å². The zero-order valence-electron chi connectivity index (χ0n) is 30.0. The molecule has 4 aromatic carbocycles. The highest BCUT2D eigenvalue weighted by molar-refractivity contribution is 6.05. The van der Waals surface area contributed by atoms with Crippen molar-refractivity contribution in [3.05, 3.63) is 141 Å². The van der Waals surface area contributed by atoms with Crippen LogP contribution in [0.4, 0.5) is 5.69 Å². The summed E-state index contributed by atoms with van der Waals surface area (Å²) in [6.45, 7) is 8.94. The van der Waals surface area contributed by atoms with E-state index in [9.17, 15) is 9.59 Å². The molecule has 1 aliphatic rings. The molecule has 0 fully saturated rings. The monoisotopic (exact) mass is 706 g/mol. The van der Waals surface area contributed by atoms with E-state index in [1.54, 1.807) is 48.6 Å². The van der Waals surface area contributed by atoms with Crippen molar-refractivity contribution in [3.8, 4) is 28.5 Å². The van der Waals surface area contributed by atoms with E-state index in [4.69, 9.17) is 9.15 Å². The first-order chi connectivity index (χ1) is 25.7. The Morgan fingerprint density at radius 3 is 2.53 bits per heavy atom. The number of aromatic nitrogens is 6. The first-order valence-corrected chi connectivity index (χ1v) is 17.5. The van der Waals surface area contributed by atoms with E-state index in [0.29, 0.717) is 28.0 Å². The van der Waals surface area contributed by atoms with Crippen LogP contribution in [0.1, 0.15) is 43.9 Å². The van der Waals surface area contributed by atoms with Crippen LogP contribution in [0.15, 0.2) is 101 Å². The van der Waals surface area contributed by atoms with Crippen molar-refractivity contribution in [2.45, 2.75) is 40.2 Å². The summed E-state index contributed by atoms with van der Waals surface area (Å²) in [6.07, 6.45) is 7.05. The van der Waals surface area contributed by atoms with Crippen LogP contribution in [0.25, 0.3) is 33.7 Å². The predicted octanol–water partition coefficient (Wildman–Crippen LogP) is 6.41. The number of rotatable bonds is 9. The summed E-state index contributed by atoms with van der Waals surface area (Å²) in [4.78, 5) is 34.7. The highest BCUT2D eigenvalue weighted by Gasteiger charge is 2.20. The molecule has 0 saturated heterocycles. The minimum atomic E-state index is -0.571. The highest BCUT2D eigenvalue weighted by atomic mass is 16.5. The van der Waals surface area contributed by atoms with Gasteiger partial charge < -0.3 is 19.0 Å². The van der Waals surface area contributed by atoms with Crippen LogP contribution in [-0.4, -0.2) is 60.8 Å². The third-order valence-electron chi connectivity index (χ3n) is 9.97. The molecule has 4 heterocycles. The van der Waals surface area contributed by atoms with Gasteiger partial charge in [0.2, 0.25) is 5.82 Å². The van der Waals surface area contributed by atoms with E-state index >= 15 is 0 Å². The van der Waals surface area contributed by atoms with Crippen LogP contribution in [-0.2, 0) is 19.4 Å². The second kappa shape index (κ2) is 14.0. The van der Waals surface area contributed by atoms with Gasteiger partial charge in [-0.25, -0.2) is 4.98 Å². The zero-order chi connectivity index (χ0) is 36.6. The number of ether oxygens (including phenoxy) is 1. The molecule has 8 rings (SSSR count). The van der Waals surface area contributed by atoms with Gasteiger partial charge in [0.05, 0.1) is 30.2 Å². The maximum atomic E-state index is 13.5. The van der Waals surface area contributed by atoms with E-state index in [2.05, 4.69) is 61.8 Å². The van der Waals surface area contributed by atoms with Crippen molar-refractivity contribution >= 4 is 22.6 Å². The van der Waals surface area contributed by atoms with Crippen molar-refractivity contribution in [3.63, 3.8) is 0 Å². The van der Waals surface area contributed by atoms with E-state index in [1.165, 1.54) is 33.1 Å². The number of nitrogens with one attached hydrogen (secondary N) is 1.